The summed E-state index contributed by atoms with van der Waals surface area (Å²) >= 11 is 0. The van der Waals surface area contributed by atoms with Gasteiger partial charge in [0.1, 0.15) is 5.75 Å². The van der Waals surface area contributed by atoms with Gasteiger partial charge in [0.15, 0.2) is 6.61 Å². The highest BCUT2D eigenvalue weighted by molar-refractivity contribution is 5.97. The summed E-state index contributed by atoms with van der Waals surface area (Å²) in [5, 5.41) is 14.1. The summed E-state index contributed by atoms with van der Waals surface area (Å²) in [6.45, 7) is -0.563. The van der Waals surface area contributed by atoms with Gasteiger partial charge in [-0.15, -0.1) is 0 Å². The van der Waals surface area contributed by atoms with E-state index in [9.17, 15) is 19.5 Å². The standard InChI is InChI=1S/C16H20N2O5/c19-13-8-4-5-11(9-13)15(21)23-10-14(20)18-16(22)17-12-6-2-1-3-7-12/h4-5,8-9,12,19H,1-3,6-7,10H2,(H2,17,18,20,22). The molecule has 0 unspecified atom stereocenters. The summed E-state index contributed by atoms with van der Waals surface area (Å²) in [5.74, 6) is -1.52. The van der Waals surface area contributed by atoms with Gasteiger partial charge in [0, 0.05) is 6.04 Å². The normalized spacial score (nSPS) is 14.8. The summed E-state index contributed by atoms with van der Waals surface area (Å²) < 4.78 is 4.79. The third-order valence-corrected chi connectivity index (χ3v) is 3.61. The van der Waals surface area contributed by atoms with Gasteiger partial charge in [-0.1, -0.05) is 25.3 Å². The maximum absolute atomic E-state index is 11.7. The smallest absolute Gasteiger partial charge is 0.338 e. The number of hydrogen-bond acceptors (Lipinski definition) is 5. The summed E-state index contributed by atoms with van der Waals surface area (Å²) in [6, 6.07) is 5.11. The molecule has 1 fully saturated rings. The van der Waals surface area contributed by atoms with E-state index in [2.05, 4.69) is 10.6 Å². The third kappa shape index (κ3) is 5.61. The van der Waals surface area contributed by atoms with E-state index in [0.29, 0.717) is 0 Å². The monoisotopic (exact) mass is 320 g/mol. The molecule has 1 aliphatic carbocycles. The zero-order valence-electron chi connectivity index (χ0n) is 12.7. The number of aromatic hydroxyl groups is 1. The average molecular weight is 320 g/mol. The van der Waals surface area contributed by atoms with Crippen molar-refractivity contribution >= 4 is 17.9 Å². The van der Waals surface area contributed by atoms with Crippen molar-refractivity contribution in [3.63, 3.8) is 0 Å². The maximum atomic E-state index is 11.7. The van der Waals surface area contributed by atoms with Crippen LogP contribution in [0.4, 0.5) is 4.79 Å². The first-order chi connectivity index (χ1) is 11.0. The van der Waals surface area contributed by atoms with E-state index in [-0.39, 0.29) is 17.4 Å². The highest BCUT2D eigenvalue weighted by Gasteiger charge is 2.17. The van der Waals surface area contributed by atoms with Crippen molar-refractivity contribution in [2.45, 2.75) is 38.1 Å². The van der Waals surface area contributed by atoms with E-state index in [1.807, 2.05) is 0 Å². The van der Waals surface area contributed by atoms with Crippen LogP contribution in [0.3, 0.4) is 0 Å². The minimum Gasteiger partial charge on any atom is -0.508 e. The van der Waals surface area contributed by atoms with Crippen molar-refractivity contribution in [2.24, 2.45) is 0 Å². The van der Waals surface area contributed by atoms with Crippen molar-refractivity contribution in [2.75, 3.05) is 6.61 Å². The van der Waals surface area contributed by atoms with E-state index >= 15 is 0 Å². The van der Waals surface area contributed by atoms with Crippen molar-refractivity contribution in [1.82, 2.24) is 10.6 Å². The van der Waals surface area contributed by atoms with Crippen molar-refractivity contribution in [1.29, 1.82) is 0 Å². The quantitative estimate of drug-likeness (QED) is 0.733. The van der Waals surface area contributed by atoms with Gasteiger partial charge in [-0.2, -0.15) is 0 Å². The number of phenolic OH excluding ortho intramolecular Hbond substituents is 1. The lowest BCUT2D eigenvalue weighted by molar-refractivity contribution is -0.123. The topological polar surface area (TPSA) is 105 Å². The molecule has 1 aromatic carbocycles. The maximum Gasteiger partial charge on any atom is 0.338 e. The van der Waals surface area contributed by atoms with Crippen LogP contribution in [0.2, 0.25) is 0 Å². The number of benzene rings is 1. The zero-order valence-corrected chi connectivity index (χ0v) is 12.7. The lowest BCUT2D eigenvalue weighted by Crippen LogP contribution is -2.46. The molecule has 7 heteroatoms. The van der Waals surface area contributed by atoms with Crippen LogP contribution in [-0.2, 0) is 9.53 Å². The number of imide groups is 1. The van der Waals surface area contributed by atoms with Crippen LogP contribution in [0.1, 0.15) is 42.5 Å². The Kier molecular flexibility index (Phi) is 5.96. The predicted octanol–water partition coefficient (Wildman–Crippen LogP) is 1.71. The number of carbonyl (C=O) groups excluding carboxylic acids is 3. The van der Waals surface area contributed by atoms with Crippen LogP contribution in [0.5, 0.6) is 5.75 Å². The molecule has 0 atom stereocenters. The minimum absolute atomic E-state index is 0.0734. The Morgan fingerprint density at radius 3 is 2.61 bits per heavy atom. The SMILES string of the molecule is O=C(COC(=O)c1cccc(O)c1)NC(=O)NC1CCCCC1. The fourth-order valence-corrected chi connectivity index (χ4v) is 2.48. The van der Waals surface area contributed by atoms with Gasteiger partial charge in [-0.25, -0.2) is 9.59 Å². The average Bonchev–Trinajstić information content (AvgIpc) is 2.53. The first kappa shape index (κ1) is 16.8. The molecule has 7 nitrogen and oxygen atoms in total. The van der Waals surface area contributed by atoms with Crippen LogP contribution in [0.25, 0.3) is 0 Å². The first-order valence-electron chi connectivity index (χ1n) is 7.61. The molecule has 3 amide bonds. The number of hydrogen-bond donors (Lipinski definition) is 3. The van der Waals surface area contributed by atoms with E-state index in [1.54, 1.807) is 0 Å². The van der Waals surface area contributed by atoms with E-state index < -0.39 is 24.5 Å². The Morgan fingerprint density at radius 2 is 1.91 bits per heavy atom. The molecule has 1 saturated carbocycles. The molecule has 0 radical (unpaired) electrons. The van der Waals surface area contributed by atoms with Crippen LogP contribution >= 0.6 is 0 Å². The zero-order chi connectivity index (χ0) is 16.7. The highest BCUT2D eigenvalue weighted by Crippen LogP contribution is 2.17. The number of urea groups is 1. The highest BCUT2D eigenvalue weighted by atomic mass is 16.5. The Balaban J connectivity index is 1.71. The lowest BCUT2D eigenvalue weighted by atomic mass is 9.96. The molecule has 1 aliphatic rings. The summed E-state index contributed by atoms with van der Waals surface area (Å²) in [4.78, 5) is 35.0. The summed E-state index contributed by atoms with van der Waals surface area (Å²) in [7, 11) is 0. The van der Waals surface area contributed by atoms with Gasteiger partial charge in [-0.3, -0.25) is 10.1 Å². The Bertz CT molecular complexity index is 582. The molecule has 0 saturated heterocycles. The molecule has 1 aromatic rings. The van der Waals surface area contributed by atoms with Crippen molar-refractivity contribution in [3.05, 3.63) is 29.8 Å². The van der Waals surface area contributed by atoms with Gasteiger partial charge in [0.25, 0.3) is 5.91 Å². The fourth-order valence-electron chi connectivity index (χ4n) is 2.48. The number of rotatable bonds is 4. The van der Waals surface area contributed by atoms with Gasteiger partial charge in [0.2, 0.25) is 0 Å². The fraction of sp³-hybridized carbons (Fsp3) is 0.438. The van der Waals surface area contributed by atoms with Crippen molar-refractivity contribution < 1.29 is 24.2 Å². The third-order valence-electron chi connectivity index (χ3n) is 3.61. The van der Waals surface area contributed by atoms with Gasteiger partial charge >= 0.3 is 12.0 Å². The molecule has 2 rings (SSSR count). The molecule has 0 heterocycles. The van der Waals surface area contributed by atoms with Gasteiger partial charge in [-0.05, 0) is 31.0 Å². The second-order valence-electron chi connectivity index (χ2n) is 5.48. The van der Waals surface area contributed by atoms with Crippen LogP contribution < -0.4 is 10.6 Å². The largest absolute Gasteiger partial charge is 0.508 e. The molecular formula is C16H20N2O5. The van der Waals surface area contributed by atoms with Gasteiger partial charge < -0.3 is 15.2 Å². The minimum atomic E-state index is -0.747. The molecule has 0 bridgehead atoms. The van der Waals surface area contributed by atoms with Crippen molar-refractivity contribution in [3.8, 4) is 5.75 Å². The number of amides is 3. The van der Waals surface area contributed by atoms with Crippen LogP contribution in [0.15, 0.2) is 24.3 Å². The molecule has 0 aromatic heterocycles. The number of ether oxygens (including phenoxy) is 1. The molecular weight excluding hydrogens is 300 g/mol. The molecule has 0 aliphatic heterocycles. The Hall–Kier alpha value is -2.57. The second-order valence-corrected chi connectivity index (χ2v) is 5.48. The van der Waals surface area contributed by atoms with E-state index in [4.69, 9.17) is 4.74 Å². The molecule has 124 valence electrons. The number of carbonyl (C=O) groups is 3. The van der Waals surface area contributed by atoms with Crippen LogP contribution in [-0.4, -0.2) is 35.7 Å². The molecule has 0 spiro atoms. The van der Waals surface area contributed by atoms with Crippen LogP contribution in [0, 0.1) is 0 Å². The summed E-state index contributed by atoms with van der Waals surface area (Å²) in [5.41, 5.74) is 0.129. The number of nitrogens with one attached hydrogen (secondary N) is 2. The Morgan fingerprint density at radius 1 is 1.17 bits per heavy atom. The molecule has 3 N–H and O–H groups in total. The number of esters is 1. The second kappa shape index (κ2) is 8.17. The van der Waals surface area contributed by atoms with Gasteiger partial charge in [0.05, 0.1) is 5.56 Å². The number of phenols is 1. The van der Waals surface area contributed by atoms with E-state index in [0.717, 1.165) is 25.7 Å². The predicted molar refractivity (Wildman–Crippen MR) is 81.9 cm³/mol. The molecule has 23 heavy (non-hydrogen) atoms. The Labute approximate surface area is 134 Å². The van der Waals surface area contributed by atoms with E-state index in [1.165, 1.54) is 30.7 Å². The summed E-state index contributed by atoms with van der Waals surface area (Å²) in [6.07, 6.45) is 5.13. The first-order valence-corrected chi connectivity index (χ1v) is 7.61. The lowest BCUT2D eigenvalue weighted by Gasteiger charge is -2.22.